The number of unbranched alkanes of at least 4 members (excludes halogenated alkanes) is 2. The van der Waals surface area contributed by atoms with Gasteiger partial charge >= 0.3 is 18.9 Å². The number of benzene rings is 2. The summed E-state index contributed by atoms with van der Waals surface area (Å²) in [5.74, 6) is 0. The van der Waals surface area contributed by atoms with Crippen molar-refractivity contribution in [2.24, 2.45) is 0 Å². The Hall–Kier alpha value is -1.19. The summed E-state index contributed by atoms with van der Waals surface area (Å²) in [5.41, 5.74) is 1.74. The van der Waals surface area contributed by atoms with Crippen LogP contribution >= 0.6 is 0 Å². The van der Waals surface area contributed by atoms with Gasteiger partial charge in [0, 0.05) is 9.79 Å². The van der Waals surface area contributed by atoms with Crippen LogP contribution in [-0.4, -0.2) is 21.4 Å². The van der Waals surface area contributed by atoms with E-state index in [9.17, 15) is 16.8 Å². The summed E-state index contributed by atoms with van der Waals surface area (Å²) in [6.07, 6.45) is 4.08. The third-order valence-electron chi connectivity index (χ3n) is 3.54. The molecule has 0 aromatic heterocycles. The van der Waals surface area contributed by atoms with Crippen LogP contribution in [0.2, 0.25) is 0 Å². The number of hydrogen-bond donors (Lipinski definition) is 2. The Labute approximate surface area is 200 Å². The standard InChI is InChI=1S/C14H14NO4S2.C5H12.Li.H2NO2S/c1-11-3-7-13(8-4-11)20(16,17)15-21(18,19)14-9-5-12(2)6-10-14;1-3-5-4-2;;1-4(2)3/h3-10H,1-2H3;3-5H2,1-2H3;;(H2,1,2,3)/q-1;;+1;-1. The summed E-state index contributed by atoms with van der Waals surface area (Å²) < 4.78 is 72.9. The van der Waals surface area contributed by atoms with Crippen molar-refractivity contribution in [3.8, 4) is 0 Å². The van der Waals surface area contributed by atoms with E-state index in [0.717, 1.165) is 11.1 Å². The van der Waals surface area contributed by atoms with Gasteiger partial charge < -0.3 is 17.7 Å². The average Bonchev–Trinajstić information content (AvgIpc) is 2.62. The Kier molecular flexibility index (Phi) is 16.1. The molecule has 2 rings (SSSR count). The molecule has 0 aliphatic carbocycles. The number of rotatable bonds is 6. The minimum absolute atomic E-state index is 0. The minimum atomic E-state index is -4.26. The quantitative estimate of drug-likeness (QED) is 0.366. The fourth-order valence-corrected chi connectivity index (χ4v) is 4.67. The summed E-state index contributed by atoms with van der Waals surface area (Å²) in [6, 6.07) is 11.7. The van der Waals surface area contributed by atoms with Gasteiger partial charge in [-0.2, -0.15) is 0 Å². The van der Waals surface area contributed by atoms with Crippen LogP contribution in [0.25, 0.3) is 4.13 Å². The van der Waals surface area contributed by atoms with Crippen LogP contribution in [0, 0.1) is 18.6 Å². The number of aryl methyl sites for hydroxylation is 2. The first-order valence-corrected chi connectivity index (χ1v) is 13.0. The molecule has 12 heteroatoms. The van der Waals surface area contributed by atoms with Gasteiger partial charge in [0.05, 0.1) is 0 Å². The molecule has 0 fully saturated rings. The molecule has 0 spiro atoms. The van der Waals surface area contributed by atoms with Crippen molar-refractivity contribution >= 4 is 30.9 Å². The van der Waals surface area contributed by atoms with Gasteiger partial charge in [0.25, 0.3) is 0 Å². The van der Waals surface area contributed by atoms with Crippen molar-refractivity contribution in [2.45, 2.75) is 56.7 Å². The Bertz CT molecular complexity index is 967. The predicted molar refractivity (Wildman–Crippen MR) is 119 cm³/mol. The van der Waals surface area contributed by atoms with Gasteiger partial charge in [-0.15, -0.1) is 0 Å². The first-order valence-electron chi connectivity index (χ1n) is 9.05. The molecule has 0 radical (unpaired) electrons. The number of nitrogens with one attached hydrogen (secondary N) is 1. The summed E-state index contributed by atoms with van der Waals surface area (Å²) >= 11 is 0. The molecule has 31 heavy (non-hydrogen) atoms. The Morgan fingerprint density at radius 3 is 1.26 bits per heavy atom. The largest absolute Gasteiger partial charge is 1.00 e. The van der Waals surface area contributed by atoms with Gasteiger partial charge in [-0.05, 0) is 38.1 Å². The van der Waals surface area contributed by atoms with Gasteiger partial charge in [-0.25, -0.2) is 16.8 Å². The summed E-state index contributed by atoms with van der Waals surface area (Å²) in [5, 5.41) is 0. The molecule has 2 aromatic carbocycles. The number of hydrogen-bond acceptors (Lipinski definition) is 7. The second-order valence-electron chi connectivity index (χ2n) is 6.25. The molecule has 170 valence electrons. The van der Waals surface area contributed by atoms with Gasteiger partial charge in [0.15, 0.2) is 0 Å². The second kappa shape index (κ2) is 15.6. The molecule has 0 aliphatic heterocycles. The van der Waals surface area contributed by atoms with Gasteiger partial charge in [0.1, 0.15) is 20.0 Å². The van der Waals surface area contributed by atoms with E-state index >= 15 is 0 Å². The van der Waals surface area contributed by atoms with E-state index < -0.39 is 30.9 Å². The first-order chi connectivity index (χ1) is 13.9. The van der Waals surface area contributed by atoms with E-state index in [-0.39, 0.29) is 28.7 Å². The third-order valence-corrected chi connectivity index (χ3v) is 6.85. The molecule has 0 bridgehead atoms. The van der Waals surface area contributed by atoms with Gasteiger partial charge in [0.2, 0.25) is 0 Å². The molecule has 0 saturated heterocycles. The molecule has 2 N–H and O–H groups in total. The maximum absolute atomic E-state index is 12.1. The third kappa shape index (κ3) is 13.7. The average molecular weight is 484 g/mol. The van der Waals surface area contributed by atoms with Crippen molar-refractivity contribution in [3.05, 3.63) is 63.8 Å². The van der Waals surface area contributed by atoms with Crippen LogP contribution in [0.4, 0.5) is 0 Å². The summed E-state index contributed by atoms with van der Waals surface area (Å²) in [7, 11) is -10.9. The SMILES string of the molecule is CCCCC.Cc1ccc(S(=O)(=O)[N-]S(=O)(=O)c2ccc(C)cc2)cc1.N=[S-](=O)O.[Li+]. The zero-order valence-corrected chi connectivity index (χ0v) is 20.9. The van der Waals surface area contributed by atoms with Gasteiger partial charge in [-0.1, -0.05) is 79.4 Å². The molecular weight excluding hydrogens is 455 g/mol. The Morgan fingerprint density at radius 1 is 0.806 bits per heavy atom. The summed E-state index contributed by atoms with van der Waals surface area (Å²) in [6.45, 7) is 8.03. The van der Waals surface area contributed by atoms with Gasteiger partial charge in [-0.3, -0.25) is 0 Å². The second-order valence-corrected chi connectivity index (χ2v) is 10.2. The maximum Gasteiger partial charge on any atom is 1.00 e. The number of nitrogens with zero attached hydrogens (tertiary/aromatic N) is 1. The molecule has 0 aliphatic rings. The topological polar surface area (TPSA) is 144 Å². The van der Waals surface area contributed by atoms with Crippen LogP contribution < -0.4 is 18.9 Å². The molecule has 0 heterocycles. The predicted octanol–water partition coefficient (Wildman–Crippen LogP) is 2.14. The van der Waals surface area contributed by atoms with E-state index in [1.54, 1.807) is 38.1 Å². The maximum atomic E-state index is 12.1. The van der Waals surface area contributed by atoms with Crippen LogP contribution in [-0.2, 0) is 35.1 Å². The zero-order valence-electron chi connectivity index (χ0n) is 18.4. The molecular formula is C19H28LiN2O6S3-. The molecule has 0 saturated carbocycles. The molecule has 8 nitrogen and oxygen atoms in total. The smallest absolute Gasteiger partial charge is 0.454 e. The van der Waals surface area contributed by atoms with E-state index in [4.69, 9.17) is 13.5 Å². The van der Waals surface area contributed by atoms with Crippen LogP contribution in [0.15, 0.2) is 58.3 Å². The van der Waals surface area contributed by atoms with E-state index in [2.05, 4.69) is 18.0 Å². The zero-order chi connectivity index (χ0) is 23.4. The fraction of sp³-hybridized carbons (Fsp3) is 0.368. The summed E-state index contributed by atoms with van der Waals surface area (Å²) in [4.78, 5) is -0.299. The normalized spacial score (nSPS) is 10.8. The fourth-order valence-electron chi connectivity index (χ4n) is 1.99. The van der Waals surface area contributed by atoms with Crippen molar-refractivity contribution in [2.75, 3.05) is 0 Å². The van der Waals surface area contributed by atoms with Crippen molar-refractivity contribution in [1.29, 1.82) is 4.78 Å². The molecule has 0 amide bonds. The Morgan fingerprint density at radius 2 is 1.06 bits per heavy atom. The van der Waals surface area contributed by atoms with E-state index in [1.807, 2.05) is 0 Å². The van der Waals surface area contributed by atoms with Crippen molar-refractivity contribution in [1.82, 2.24) is 0 Å². The van der Waals surface area contributed by atoms with Crippen LogP contribution in [0.3, 0.4) is 0 Å². The molecule has 2 aromatic rings. The Balaban J connectivity index is 0. The first kappa shape index (κ1) is 32.0. The van der Waals surface area contributed by atoms with Crippen LogP contribution in [0.1, 0.15) is 44.2 Å². The van der Waals surface area contributed by atoms with Crippen molar-refractivity contribution < 1.29 is 44.5 Å². The number of sulfonamides is 2. The van der Waals surface area contributed by atoms with E-state index in [1.165, 1.54) is 43.5 Å². The van der Waals surface area contributed by atoms with E-state index in [0.29, 0.717) is 0 Å². The van der Waals surface area contributed by atoms with Crippen LogP contribution in [0.5, 0.6) is 0 Å². The molecule has 0 atom stereocenters. The monoisotopic (exact) mass is 483 g/mol. The molecule has 0 unspecified atom stereocenters. The van der Waals surface area contributed by atoms with Crippen molar-refractivity contribution in [3.63, 3.8) is 0 Å². The minimum Gasteiger partial charge on any atom is -0.454 e.